The van der Waals surface area contributed by atoms with E-state index < -0.39 is 5.92 Å². The van der Waals surface area contributed by atoms with Gasteiger partial charge in [-0.2, -0.15) is 0 Å². The first-order valence-corrected chi connectivity index (χ1v) is 4.06. The molecule has 2 unspecified atom stereocenters. The molecule has 0 radical (unpaired) electrons. The predicted molar refractivity (Wildman–Crippen MR) is 40.5 cm³/mol. The molecular weight excluding hydrogens is 148 g/mol. The minimum atomic E-state index is -2.51. The molecule has 2 N–H and O–H groups in total. The Hall–Kier alpha value is -0.180. The van der Waals surface area contributed by atoms with Crippen LogP contribution in [0.5, 0.6) is 0 Å². The molecule has 1 nitrogen and oxygen atoms in total. The second-order valence-electron chi connectivity index (χ2n) is 3.84. The van der Waals surface area contributed by atoms with E-state index in [9.17, 15) is 8.78 Å². The Balaban J connectivity index is 2.59. The van der Waals surface area contributed by atoms with E-state index in [2.05, 4.69) is 0 Å². The number of halogens is 2. The van der Waals surface area contributed by atoms with Gasteiger partial charge in [0.05, 0.1) is 0 Å². The molecule has 0 bridgehead atoms. The monoisotopic (exact) mass is 163 g/mol. The molecule has 3 heteroatoms. The van der Waals surface area contributed by atoms with Crippen LogP contribution < -0.4 is 5.73 Å². The zero-order valence-corrected chi connectivity index (χ0v) is 6.98. The highest BCUT2D eigenvalue weighted by Crippen LogP contribution is 2.41. The van der Waals surface area contributed by atoms with E-state index in [0.29, 0.717) is 0 Å². The third-order valence-electron chi connectivity index (χ3n) is 2.47. The summed E-state index contributed by atoms with van der Waals surface area (Å²) in [5.74, 6) is -2.22. The van der Waals surface area contributed by atoms with E-state index in [1.165, 1.54) is 0 Å². The Morgan fingerprint density at radius 1 is 1.36 bits per heavy atom. The minimum absolute atomic E-state index is 0.00463. The Bertz CT molecular complexity index is 145. The third-order valence-corrected chi connectivity index (χ3v) is 2.47. The van der Waals surface area contributed by atoms with E-state index in [1.807, 2.05) is 13.8 Å². The van der Waals surface area contributed by atoms with E-state index in [4.69, 9.17) is 5.73 Å². The smallest absolute Gasteiger partial charge is 0.250 e. The van der Waals surface area contributed by atoms with Crippen molar-refractivity contribution < 1.29 is 8.78 Å². The summed E-state index contributed by atoms with van der Waals surface area (Å²) < 4.78 is 25.5. The van der Waals surface area contributed by atoms with Crippen molar-refractivity contribution >= 4 is 0 Å². The predicted octanol–water partition coefficient (Wildman–Crippen LogP) is 2.02. The average molecular weight is 163 g/mol. The van der Waals surface area contributed by atoms with Crippen molar-refractivity contribution in [1.29, 1.82) is 0 Å². The van der Waals surface area contributed by atoms with Crippen LogP contribution in [0, 0.1) is 11.8 Å². The number of hydrogen-bond acceptors (Lipinski definition) is 1. The maximum atomic E-state index is 12.7. The normalized spacial score (nSPS) is 36.5. The molecule has 0 aliphatic heterocycles. The molecule has 0 heterocycles. The number of alkyl halides is 2. The summed E-state index contributed by atoms with van der Waals surface area (Å²) in [7, 11) is 0. The van der Waals surface area contributed by atoms with Gasteiger partial charge in [0.1, 0.15) is 0 Å². The van der Waals surface area contributed by atoms with Gasteiger partial charge >= 0.3 is 0 Å². The van der Waals surface area contributed by atoms with Crippen LogP contribution in [0.3, 0.4) is 0 Å². The molecule has 0 spiro atoms. The fraction of sp³-hybridized carbons (Fsp3) is 1.00. The molecule has 1 fully saturated rings. The maximum absolute atomic E-state index is 12.7. The van der Waals surface area contributed by atoms with Gasteiger partial charge in [-0.05, 0) is 11.8 Å². The molecule has 1 rings (SSSR count). The van der Waals surface area contributed by atoms with Gasteiger partial charge in [-0.25, -0.2) is 8.78 Å². The molecule has 0 saturated heterocycles. The molecule has 2 atom stereocenters. The van der Waals surface area contributed by atoms with Gasteiger partial charge in [-0.1, -0.05) is 13.8 Å². The molecule has 0 aromatic heterocycles. The highest BCUT2D eigenvalue weighted by molar-refractivity contribution is 4.92. The van der Waals surface area contributed by atoms with Gasteiger partial charge in [0, 0.05) is 18.9 Å². The molecule has 11 heavy (non-hydrogen) atoms. The van der Waals surface area contributed by atoms with Crippen molar-refractivity contribution in [2.24, 2.45) is 17.6 Å². The molecule has 0 amide bonds. The van der Waals surface area contributed by atoms with Crippen molar-refractivity contribution in [3.05, 3.63) is 0 Å². The van der Waals surface area contributed by atoms with Crippen LogP contribution in [-0.4, -0.2) is 12.0 Å². The minimum Gasteiger partial charge on any atom is -0.327 e. The van der Waals surface area contributed by atoms with Crippen molar-refractivity contribution in [3.63, 3.8) is 0 Å². The average Bonchev–Trinajstić information content (AvgIpc) is 2.05. The summed E-state index contributed by atoms with van der Waals surface area (Å²) in [6, 6.07) is -0.301. The second-order valence-corrected chi connectivity index (χ2v) is 3.84. The van der Waals surface area contributed by atoms with Crippen LogP contribution in [0.1, 0.15) is 26.7 Å². The first-order valence-electron chi connectivity index (χ1n) is 4.06. The third kappa shape index (κ3) is 1.89. The van der Waals surface area contributed by atoms with Crippen LogP contribution in [0.15, 0.2) is 0 Å². The van der Waals surface area contributed by atoms with Crippen molar-refractivity contribution in [2.75, 3.05) is 0 Å². The summed E-state index contributed by atoms with van der Waals surface area (Å²) >= 11 is 0. The lowest BCUT2D eigenvalue weighted by Crippen LogP contribution is -2.28. The number of hydrogen-bond donors (Lipinski definition) is 1. The van der Waals surface area contributed by atoms with Crippen LogP contribution in [-0.2, 0) is 0 Å². The second kappa shape index (κ2) is 2.70. The van der Waals surface area contributed by atoms with Gasteiger partial charge in [0.2, 0.25) is 5.92 Å². The summed E-state index contributed by atoms with van der Waals surface area (Å²) in [5, 5.41) is 0. The zero-order valence-electron chi connectivity index (χ0n) is 6.98. The Labute approximate surface area is 66.0 Å². The lowest BCUT2D eigenvalue weighted by Gasteiger charge is -2.17. The molecular formula is C8H15F2N. The SMILES string of the molecule is CC(C)C1CC(F)(F)CC1N. The fourth-order valence-corrected chi connectivity index (χ4v) is 1.81. The zero-order chi connectivity index (χ0) is 8.65. The Morgan fingerprint density at radius 3 is 2.09 bits per heavy atom. The summed E-state index contributed by atoms with van der Waals surface area (Å²) in [5.41, 5.74) is 5.58. The Kier molecular flexibility index (Phi) is 2.19. The van der Waals surface area contributed by atoms with Crippen LogP contribution >= 0.6 is 0 Å². The summed E-state index contributed by atoms with van der Waals surface area (Å²) in [6.07, 6.45) is -0.151. The Morgan fingerprint density at radius 2 is 1.91 bits per heavy atom. The number of rotatable bonds is 1. The lowest BCUT2D eigenvalue weighted by atomic mass is 9.91. The van der Waals surface area contributed by atoms with Crippen LogP contribution in [0.4, 0.5) is 8.78 Å². The maximum Gasteiger partial charge on any atom is 0.250 e. The van der Waals surface area contributed by atoms with Gasteiger partial charge < -0.3 is 5.73 Å². The van der Waals surface area contributed by atoms with E-state index >= 15 is 0 Å². The van der Waals surface area contributed by atoms with E-state index in [1.54, 1.807) is 0 Å². The van der Waals surface area contributed by atoms with Gasteiger partial charge in [-0.15, -0.1) is 0 Å². The highest BCUT2D eigenvalue weighted by atomic mass is 19.3. The quantitative estimate of drug-likeness (QED) is 0.628. The van der Waals surface area contributed by atoms with E-state index in [-0.39, 0.29) is 30.7 Å². The lowest BCUT2D eigenvalue weighted by molar-refractivity contribution is 0.00244. The number of nitrogens with two attached hydrogens (primary N) is 1. The summed E-state index contributed by atoms with van der Waals surface area (Å²) in [6.45, 7) is 3.90. The van der Waals surface area contributed by atoms with Gasteiger partial charge in [-0.3, -0.25) is 0 Å². The standard InChI is InChI=1S/C8H15F2N/c1-5(2)6-3-8(9,10)4-7(6)11/h5-7H,3-4,11H2,1-2H3. The molecule has 0 aromatic carbocycles. The topological polar surface area (TPSA) is 26.0 Å². The summed E-state index contributed by atoms with van der Waals surface area (Å²) in [4.78, 5) is 0. The van der Waals surface area contributed by atoms with Crippen molar-refractivity contribution in [3.8, 4) is 0 Å². The van der Waals surface area contributed by atoms with Crippen molar-refractivity contribution in [1.82, 2.24) is 0 Å². The van der Waals surface area contributed by atoms with Gasteiger partial charge in [0.15, 0.2) is 0 Å². The molecule has 66 valence electrons. The largest absolute Gasteiger partial charge is 0.327 e. The highest BCUT2D eigenvalue weighted by Gasteiger charge is 2.45. The van der Waals surface area contributed by atoms with Crippen LogP contribution in [0.2, 0.25) is 0 Å². The molecule has 1 saturated carbocycles. The first kappa shape index (κ1) is 8.91. The van der Waals surface area contributed by atoms with Gasteiger partial charge in [0.25, 0.3) is 0 Å². The molecule has 1 aliphatic carbocycles. The van der Waals surface area contributed by atoms with Crippen molar-refractivity contribution in [2.45, 2.75) is 38.7 Å². The first-order chi connectivity index (χ1) is 4.92. The van der Waals surface area contributed by atoms with Crippen LogP contribution in [0.25, 0.3) is 0 Å². The van der Waals surface area contributed by atoms with E-state index in [0.717, 1.165) is 0 Å². The molecule has 1 aliphatic rings. The fourth-order valence-electron chi connectivity index (χ4n) is 1.81. The molecule has 0 aromatic rings.